The number of carbonyl (C=O) groups is 1. The lowest BCUT2D eigenvalue weighted by Crippen LogP contribution is -2.16. The van der Waals surface area contributed by atoms with E-state index in [1.165, 1.54) is 24.3 Å². The van der Waals surface area contributed by atoms with Crippen LogP contribution in [0.2, 0.25) is 5.02 Å². The fourth-order valence-corrected chi connectivity index (χ4v) is 1.40. The fourth-order valence-electron chi connectivity index (χ4n) is 1.10. The number of aliphatic hydroxyl groups is 2. The van der Waals surface area contributed by atoms with Crippen LogP contribution in [0.25, 0.3) is 0 Å². The molecule has 0 fully saturated rings. The van der Waals surface area contributed by atoms with Crippen molar-refractivity contribution in [2.24, 2.45) is 0 Å². The fraction of sp³-hybridized carbons (Fsp3) is 0.200. The molecule has 0 heterocycles. The quantitative estimate of drug-likeness (QED) is 0.596. The number of aldehydes is 1. The van der Waals surface area contributed by atoms with E-state index < -0.39 is 12.2 Å². The monoisotopic (exact) mass is 225 g/mol. The Morgan fingerprint density at radius 3 is 2.60 bits per heavy atom. The summed E-state index contributed by atoms with van der Waals surface area (Å²) in [5.41, 5.74) is 0.582. The van der Waals surface area contributed by atoms with Crippen molar-refractivity contribution in [1.29, 1.82) is 5.26 Å². The van der Waals surface area contributed by atoms with Crippen LogP contribution in [0.3, 0.4) is 0 Å². The first-order valence-corrected chi connectivity index (χ1v) is 4.48. The van der Waals surface area contributed by atoms with E-state index in [2.05, 4.69) is 0 Å². The van der Waals surface area contributed by atoms with Gasteiger partial charge in [-0.1, -0.05) is 23.7 Å². The average Bonchev–Trinajstić information content (AvgIpc) is 2.26. The van der Waals surface area contributed by atoms with E-state index in [4.69, 9.17) is 22.0 Å². The highest BCUT2D eigenvalue weighted by Crippen LogP contribution is 2.25. The summed E-state index contributed by atoms with van der Waals surface area (Å²) in [4.78, 5) is 10.4. The average molecular weight is 226 g/mol. The van der Waals surface area contributed by atoms with Gasteiger partial charge in [-0.05, 0) is 6.07 Å². The third-order valence-electron chi connectivity index (χ3n) is 1.91. The molecule has 15 heavy (non-hydrogen) atoms. The molecule has 5 heteroatoms. The van der Waals surface area contributed by atoms with E-state index >= 15 is 0 Å². The van der Waals surface area contributed by atoms with Gasteiger partial charge in [0.2, 0.25) is 0 Å². The third kappa shape index (κ3) is 2.54. The summed E-state index contributed by atoms with van der Waals surface area (Å²) in [6.07, 6.45) is -2.30. The molecule has 2 atom stereocenters. The zero-order valence-electron chi connectivity index (χ0n) is 7.59. The van der Waals surface area contributed by atoms with Gasteiger partial charge in [-0.2, -0.15) is 5.26 Å². The highest BCUT2D eigenvalue weighted by atomic mass is 35.5. The largest absolute Gasteiger partial charge is 0.384 e. The first kappa shape index (κ1) is 11.7. The molecule has 2 N–H and O–H groups in total. The molecule has 4 nitrogen and oxygen atoms in total. The van der Waals surface area contributed by atoms with E-state index in [0.717, 1.165) is 0 Å². The van der Waals surface area contributed by atoms with Crippen LogP contribution < -0.4 is 0 Å². The molecule has 0 aliphatic rings. The molecule has 1 aromatic carbocycles. The molecule has 0 saturated heterocycles. The van der Waals surface area contributed by atoms with Crippen LogP contribution in [0.5, 0.6) is 0 Å². The van der Waals surface area contributed by atoms with E-state index in [0.29, 0.717) is 11.8 Å². The van der Waals surface area contributed by atoms with E-state index in [-0.39, 0.29) is 10.6 Å². The maximum Gasteiger partial charge on any atom is 0.170 e. The van der Waals surface area contributed by atoms with Gasteiger partial charge in [0.15, 0.2) is 6.10 Å². The second-order valence-corrected chi connectivity index (χ2v) is 3.32. The molecule has 0 amide bonds. The molecule has 0 radical (unpaired) electrons. The number of hydrogen-bond acceptors (Lipinski definition) is 4. The lowest BCUT2D eigenvalue weighted by molar-refractivity contribution is 0.0528. The smallest absolute Gasteiger partial charge is 0.170 e. The van der Waals surface area contributed by atoms with Gasteiger partial charge in [0.25, 0.3) is 0 Å². The summed E-state index contributed by atoms with van der Waals surface area (Å²) < 4.78 is 0. The topological polar surface area (TPSA) is 81.3 Å². The first-order chi connectivity index (χ1) is 7.10. The van der Waals surface area contributed by atoms with Crippen molar-refractivity contribution >= 4 is 17.9 Å². The van der Waals surface area contributed by atoms with Crippen LogP contribution in [0.15, 0.2) is 18.2 Å². The Labute approximate surface area is 91.3 Å². The molecule has 0 aliphatic heterocycles. The van der Waals surface area contributed by atoms with Crippen molar-refractivity contribution in [3.63, 3.8) is 0 Å². The number of hydrogen-bond donors (Lipinski definition) is 2. The third-order valence-corrected chi connectivity index (χ3v) is 2.24. The number of nitriles is 1. The standard InChI is InChI=1S/C10H8ClNO3/c11-8-3-6(5-13)1-2-7(8)10(15)9(14)4-12/h1-3,5,9-10,14-15H. The molecule has 1 aromatic rings. The zero-order chi connectivity index (χ0) is 11.4. The maximum absolute atomic E-state index is 10.4. The Bertz CT molecular complexity index is 414. The van der Waals surface area contributed by atoms with Gasteiger partial charge >= 0.3 is 0 Å². The summed E-state index contributed by atoms with van der Waals surface area (Å²) >= 11 is 5.76. The summed E-state index contributed by atoms with van der Waals surface area (Å²) in [6.45, 7) is 0. The summed E-state index contributed by atoms with van der Waals surface area (Å²) in [5.74, 6) is 0. The molecule has 2 unspecified atom stereocenters. The summed E-state index contributed by atoms with van der Waals surface area (Å²) in [6, 6.07) is 5.70. The van der Waals surface area contributed by atoms with Gasteiger partial charge in [0, 0.05) is 16.1 Å². The van der Waals surface area contributed by atoms with Crippen LogP contribution in [0.1, 0.15) is 22.0 Å². The molecule has 0 aliphatic carbocycles. The molecular formula is C10H8ClNO3. The highest BCUT2D eigenvalue weighted by Gasteiger charge is 2.20. The molecule has 1 rings (SSSR count). The second-order valence-electron chi connectivity index (χ2n) is 2.92. The van der Waals surface area contributed by atoms with Crippen molar-refractivity contribution in [3.8, 4) is 6.07 Å². The lowest BCUT2D eigenvalue weighted by atomic mass is 10.0. The lowest BCUT2D eigenvalue weighted by Gasteiger charge is -2.13. The van der Waals surface area contributed by atoms with Gasteiger partial charge in [-0.3, -0.25) is 4.79 Å². The zero-order valence-corrected chi connectivity index (χ0v) is 8.35. The van der Waals surface area contributed by atoms with Crippen molar-refractivity contribution < 1.29 is 15.0 Å². The molecule has 0 spiro atoms. The number of carbonyl (C=O) groups excluding carboxylic acids is 1. The van der Waals surface area contributed by atoms with Crippen LogP contribution in [-0.4, -0.2) is 22.6 Å². The SMILES string of the molecule is N#CC(O)C(O)c1ccc(C=O)cc1Cl. The minimum Gasteiger partial charge on any atom is -0.384 e. The molecule has 0 saturated carbocycles. The summed E-state index contributed by atoms with van der Waals surface area (Å²) in [7, 11) is 0. The van der Waals surface area contributed by atoms with E-state index in [1.54, 1.807) is 0 Å². The minimum atomic E-state index is -1.54. The van der Waals surface area contributed by atoms with Gasteiger partial charge in [0.1, 0.15) is 12.4 Å². The number of benzene rings is 1. The summed E-state index contributed by atoms with van der Waals surface area (Å²) in [5, 5.41) is 27.1. The molecule has 78 valence electrons. The van der Waals surface area contributed by atoms with Crippen LogP contribution in [-0.2, 0) is 0 Å². The highest BCUT2D eigenvalue weighted by molar-refractivity contribution is 6.31. The Kier molecular flexibility index (Phi) is 3.81. The van der Waals surface area contributed by atoms with E-state index in [1.807, 2.05) is 0 Å². The molecular weight excluding hydrogens is 218 g/mol. The number of aliphatic hydroxyl groups excluding tert-OH is 2. The van der Waals surface area contributed by atoms with Crippen molar-refractivity contribution in [3.05, 3.63) is 34.3 Å². The molecule has 0 bridgehead atoms. The van der Waals surface area contributed by atoms with Gasteiger partial charge in [-0.25, -0.2) is 0 Å². The Morgan fingerprint density at radius 1 is 1.47 bits per heavy atom. The second kappa shape index (κ2) is 4.89. The van der Waals surface area contributed by atoms with Crippen LogP contribution in [0, 0.1) is 11.3 Å². The van der Waals surface area contributed by atoms with Crippen LogP contribution >= 0.6 is 11.6 Å². The van der Waals surface area contributed by atoms with Gasteiger partial charge < -0.3 is 10.2 Å². The van der Waals surface area contributed by atoms with Crippen molar-refractivity contribution in [1.82, 2.24) is 0 Å². The Hall–Kier alpha value is -1.41. The number of halogens is 1. The van der Waals surface area contributed by atoms with Crippen molar-refractivity contribution in [2.75, 3.05) is 0 Å². The maximum atomic E-state index is 10.4. The number of rotatable bonds is 3. The van der Waals surface area contributed by atoms with E-state index in [9.17, 15) is 9.90 Å². The normalized spacial score (nSPS) is 14.0. The van der Waals surface area contributed by atoms with Gasteiger partial charge in [0.05, 0.1) is 6.07 Å². The molecule has 0 aromatic heterocycles. The van der Waals surface area contributed by atoms with Crippen LogP contribution in [0.4, 0.5) is 0 Å². The first-order valence-electron chi connectivity index (χ1n) is 4.10. The Morgan fingerprint density at radius 2 is 2.13 bits per heavy atom. The predicted molar refractivity (Wildman–Crippen MR) is 53.4 cm³/mol. The Balaban J connectivity index is 3.06. The van der Waals surface area contributed by atoms with Gasteiger partial charge in [-0.15, -0.1) is 0 Å². The number of nitrogens with zero attached hydrogens (tertiary/aromatic N) is 1. The predicted octanol–water partition coefficient (Wildman–Crippen LogP) is 1.07. The minimum absolute atomic E-state index is 0.140. The van der Waals surface area contributed by atoms with Crippen molar-refractivity contribution in [2.45, 2.75) is 12.2 Å².